The third-order valence-electron chi connectivity index (χ3n) is 6.49. The van der Waals surface area contributed by atoms with E-state index in [2.05, 4.69) is 60.7 Å². The van der Waals surface area contributed by atoms with Gasteiger partial charge in [-0.3, -0.25) is 0 Å². The summed E-state index contributed by atoms with van der Waals surface area (Å²) in [4.78, 5) is 0. The van der Waals surface area contributed by atoms with Crippen LogP contribution in [0.25, 0.3) is 11.1 Å². The normalized spacial score (nSPS) is 20.6. The van der Waals surface area contributed by atoms with Crippen LogP contribution in [-0.2, 0) is 0 Å². The summed E-state index contributed by atoms with van der Waals surface area (Å²) in [6.45, 7) is 0. The minimum atomic E-state index is 0.739. The van der Waals surface area contributed by atoms with E-state index in [1.54, 1.807) is 11.1 Å². The van der Waals surface area contributed by atoms with Gasteiger partial charge in [-0.2, -0.15) is 0 Å². The lowest BCUT2D eigenvalue weighted by molar-refractivity contribution is 0.416. The summed E-state index contributed by atoms with van der Waals surface area (Å²) in [6, 6.07) is 22.6. The molecule has 4 rings (SSSR count). The predicted molar refractivity (Wildman–Crippen MR) is 113 cm³/mol. The summed E-state index contributed by atoms with van der Waals surface area (Å²) in [5.74, 6) is 1.48. The summed E-state index contributed by atoms with van der Waals surface area (Å²) in [6.07, 6.45) is 13.9. The van der Waals surface area contributed by atoms with Gasteiger partial charge in [0.05, 0.1) is 0 Å². The highest BCUT2D eigenvalue weighted by molar-refractivity contribution is 5.92. The van der Waals surface area contributed by atoms with Crippen molar-refractivity contribution >= 4 is 11.1 Å². The average molecular weight is 345 g/mol. The van der Waals surface area contributed by atoms with E-state index in [1.165, 1.54) is 75.3 Å². The second kappa shape index (κ2) is 8.71. The van der Waals surface area contributed by atoms with E-state index in [0.717, 1.165) is 11.8 Å². The first-order valence-corrected chi connectivity index (χ1v) is 10.8. The minimum Gasteiger partial charge on any atom is -0.0622 e. The van der Waals surface area contributed by atoms with Crippen LogP contribution in [0.3, 0.4) is 0 Å². The van der Waals surface area contributed by atoms with Gasteiger partial charge in [0.1, 0.15) is 0 Å². The molecule has 0 amide bonds. The van der Waals surface area contributed by atoms with Gasteiger partial charge < -0.3 is 0 Å². The number of allylic oxidation sites excluding steroid dienone is 2. The van der Waals surface area contributed by atoms with Gasteiger partial charge in [0.25, 0.3) is 0 Å². The topological polar surface area (TPSA) is 0 Å². The van der Waals surface area contributed by atoms with Crippen LogP contribution in [0.5, 0.6) is 0 Å². The molecule has 2 aliphatic rings. The number of rotatable bonds is 4. The van der Waals surface area contributed by atoms with Crippen molar-refractivity contribution in [1.29, 1.82) is 0 Å². The second-order valence-corrected chi connectivity index (χ2v) is 8.23. The highest BCUT2D eigenvalue weighted by Gasteiger charge is 2.28. The highest BCUT2D eigenvalue weighted by atomic mass is 14.3. The zero-order valence-corrected chi connectivity index (χ0v) is 16.0. The molecule has 26 heavy (non-hydrogen) atoms. The van der Waals surface area contributed by atoms with Crippen LogP contribution >= 0.6 is 0 Å². The van der Waals surface area contributed by atoms with Crippen LogP contribution < -0.4 is 0 Å². The fourth-order valence-corrected chi connectivity index (χ4v) is 5.24. The lowest BCUT2D eigenvalue weighted by Crippen LogP contribution is -2.16. The molecule has 0 atom stereocenters. The first kappa shape index (κ1) is 17.6. The quantitative estimate of drug-likeness (QED) is 0.497. The van der Waals surface area contributed by atoms with Crippen LogP contribution in [0.15, 0.2) is 60.7 Å². The molecule has 2 aliphatic carbocycles. The van der Waals surface area contributed by atoms with Crippen molar-refractivity contribution in [1.82, 2.24) is 0 Å². The summed E-state index contributed by atoms with van der Waals surface area (Å²) < 4.78 is 0. The SMILES string of the molecule is c1ccc(C(=C(c2ccccc2)C2CCCCC2)C2CCCCC2)cc1. The van der Waals surface area contributed by atoms with Crippen molar-refractivity contribution < 1.29 is 0 Å². The van der Waals surface area contributed by atoms with E-state index < -0.39 is 0 Å². The van der Waals surface area contributed by atoms with Gasteiger partial charge in [-0.15, -0.1) is 0 Å². The van der Waals surface area contributed by atoms with Crippen LogP contribution in [-0.4, -0.2) is 0 Å². The largest absolute Gasteiger partial charge is 0.0622 e. The van der Waals surface area contributed by atoms with Crippen LogP contribution in [0.4, 0.5) is 0 Å². The molecule has 0 N–H and O–H groups in total. The van der Waals surface area contributed by atoms with Crippen LogP contribution in [0.2, 0.25) is 0 Å². The highest BCUT2D eigenvalue weighted by Crippen LogP contribution is 2.46. The monoisotopic (exact) mass is 344 g/mol. The van der Waals surface area contributed by atoms with Gasteiger partial charge >= 0.3 is 0 Å². The Morgan fingerprint density at radius 1 is 0.462 bits per heavy atom. The van der Waals surface area contributed by atoms with Gasteiger partial charge in [-0.25, -0.2) is 0 Å². The molecular formula is C26H32. The molecule has 0 saturated heterocycles. The molecule has 0 radical (unpaired) electrons. The third kappa shape index (κ3) is 3.95. The van der Waals surface area contributed by atoms with Crippen molar-refractivity contribution in [2.75, 3.05) is 0 Å². The predicted octanol–water partition coefficient (Wildman–Crippen LogP) is 7.76. The van der Waals surface area contributed by atoms with E-state index in [-0.39, 0.29) is 0 Å². The van der Waals surface area contributed by atoms with Gasteiger partial charge in [0.2, 0.25) is 0 Å². The van der Waals surface area contributed by atoms with E-state index in [9.17, 15) is 0 Å². The Bertz CT molecular complexity index is 635. The Labute approximate surface area is 159 Å². The summed E-state index contributed by atoms with van der Waals surface area (Å²) >= 11 is 0. The van der Waals surface area contributed by atoms with Gasteiger partial charge in [-0.05, 0) is 59.8 Å². The molecule has 0 heteroatoms. The molecule has 2 saturated carbocycles. The zero-order chi connectivity index (χ0) is 17.6. The number of benzene rings is 2. The van der Waals surface area contributed by atoms with Crippen molar-refractivity contribution in [3.05, 3.63) is 71.8 Å². The molecule has 2 fully saturated rings. The maximum absolute atomic E-state index is 2.36. The number of hydrogen-bond donors (Lipinski definition) is 0. The first-order valence-electron chi connectivity index (χ1n) is 10.8. The molecular weight excluding hydrogens is 312 g/mol. The van der Waals surface area contributed by atoms with Crippen molar-refractivity contribution in [2.24, 2.45) is 11.8 Å². The van der Waals surface area contributed by atoms with E-state index >= 15 is 0 Å². The molecule has 136 valence electrons. The smallest absolute Gasteiger partial charge is 0.0153 e. The Morgan fingerprint density at radius 3 is 1.15 bits per heavy atom. The molecule has 2 aromatic rings. The van der Waals surface area contributed by atoms with Gasteiger partial charge in [0.15, 0.2) is 0 Å². The standard InChI is InChI=1S/C26H32/c1-5-13-21(14-6-1)25(22-15-7-2-8-16-22)26(23-17-9-3-10-18-23)24-19-11-4-12-20-24/h1,3,5-6,9-10,13-14,17-18,22,24H,2,4,7-8,11-12,15-16,19-20H2. The molecule has 2 aromatic carbocycles. The molecule has 0 aromatic heterocycles. The fraction of sp³-hybridized carbons (Fsp3) is 0.462. The lowest BCUT2D eigenvalue weighted by atomic mass is 9.72. The Balaban J connectivity index is 1.88. The number of hydrogen-bond acceptors (Lipinski definition) is 0. The summed E-state index contributed by atoms with van der Waals surface area (Å²) in [5.41, 5.74) is 6.32. The molecule has 0 unspecified atom stereocenters. The summed E-state index contributed by atoms with van der Waals surface area (Å²) in [5, 5.41) is 0. The van der Waals surface area contributed by atoms with E-state index in [4.69, 9.17) is 0 Å². The third-order valence-corrected chi connectivity index (χ3v) is 6.49. The molecule has 0 nitrogen and oxygen atoms in total. The van der Waals surface area contributed by atoms with Crippen molar-refractivity contribution in [2.45, 2.75) is 64.2 Å². The van der Waals surface area contributed by atoms with Crippen molar-refractivity contribution in [3.8, 4) is 0 Å². The second-order valence-electron chi connectivity index (χ2n) is 8.23. The Morgan fingerprint density at radius 2 is 0.808 bits per heavy atom. The molecule has 0 bridgehead atoms. The van der Waals surface area contributed by atoms with Crippen LogP contribution in [0, 0.1) is 11.8 Å². The lowest BCUT2D eigenvalue weighted by Gasteiger charge is -2.33. The van der Waals surface area contributed by atoms with Crippen molar-refractivity contribution in [3.63, 3.8) is 0 Å². The summed E-state index contributed by atoms with van der Waals surface area (Å²) in [7, 11) is 0. The van der Waals surface area contributed by atoms with Gasteiger partial charge in [0, 0.05) is 0 Å². The average Bonchev–Trinajstić information content (AvgIpc) is 2.74. The fourth-order valence-electron chi connectivity index (χ4n) is 5.24. The maximum Gasteiger partial charge on any atom is -0.0153 e. The van der Waals surface area contributed by atoms with E-state index in [1.807, 2.05) is 0 Å². The molecule has 0 spiro atoms. The molecule has 0 aliphatic heterocycles. The zero-order valence-electron chi connectivity index (χ0n) is 16.0. The van der Waals surface area contributed by atoms with E-state index in [0.29, 0.717) is 0 Å². The Hall–Kier alpha value is -1.82. The Kier molecular flexibility index (Phi) is 5.89. The minimum absolute atomic E-state index is 0.739. The first-order chi connectivity index (χ1) is 12.9. The molecule has 0 heterocycles. The van der Waals surface area contributed by atoms with Gasteiger partial charge in [-0.1, -0.05) is 99.2 Å². The maximum atomic E-state index is 2.36. The van der Waals surface area contributed by atoms with Crippen LogP contribution in [0.1, 0.15) is 75.3 Å².